The minimum absolute atomic E-state index is 0.0348. The summed E-state index contributed by atoms with van der Waals surface area (Å²) in [7, 11) is 0. The van der Waals surface area contributed by atoms with Crippen molar-refractivity contribution >= 4 is 5.91 Å². The van der Waals surface area contributed by atoms with Crippen LogP contribution in [0, 0.1) is 0 Å². The molecule has 0 aliphatic rings. The first kappa shape index (κ1) is 16.2. The molecule has 0 aliphatic heterocycles. The van der Waals surface area contributed by atoms with Crippen LogP contribution >= 0.6 is 0 Å². The van der Waals surface area contributed by atoms with Crippen LogP contribution in [0.1, 0.15) is 51.9 Å². The molecule has 1 N–H and O–H groups in total. The van der Waals surface area contributed by atoms with Crippen molar-refractivity contribution in [3.8, 4) is 0 Å². The summed E-state index contributed by atoms with van der Waals surface area (Å²) >= 11 is -0.219. The van der Waals surface area contributed by atoms with Crippen LogP contribution in [0.5, 0.6) is 0 Å². The van der Waals surface area contributed by atoms with Crippen molar-refractivity contribution < 1.29 is 29.5 Å². The number of halogens is 1. The first-order valence-electron chi connectivity index (χ1n) is 6.19. The molecular weight excluding hydrogens is 317 g/mol. The van der Waals surface area contributed by atoms with E-state index >= 15 is 0 Å². The molecule has 0 spiro atoms. The van der Waals surface area contributed by atoms with Gasteiger partial charge in [-0.2, -0.15) is 0 Å². The average molecular weight is 342 g/mol. The van der Waals surface area contributed by atoms with Gasteiger partial charge in [-0.15, -0.1) is 0 Å². The van der Waals surface area contributed by atoms with Crippen LogP contribution in [0.3, 0.4) is 0 Å². The predicted molar refractivity (Wildman–Crippen MR) is 62.9 cm³/mol. The monoisotopic (exact) mass is 342 g/mol. The Balaban J connectivity index is 3.05. The molecule has 0 aromatic carbocycles. The van der Waals surface area contributed by atoms with Gasteiger partial charge in [-0.3, -0.25) is 0 Å². The molecule has 0 fully saturated rings. The van der Waals surface area contributed by atoms with Crippen LogP contribution in [-0.2, 0) is 7.86 Å². The van der Waals surface area contributed by atoms with E-state index in [0.717, 1.165) is 13.0 Å². The second-order valence-corrected chi connectivity index (χ2v) is 5.38. The molecule has 4 heteroatoms. The summed E-state index contributed by atoms with van der Waals surface area (Å²) in [5.41, 5.74) is 0. The molecule has 0 aromatic rings. The Kier molecular flexibility index (Phi) is 13.4. The van der Waals surface area contributed by atoms with Gasteiger partial charge in [0.25, 0.3) is 0 Å². The number of amides is 1. The van der Waals surface area contributed by atoms with E-state index < -0.39 is 0 Å². The van der Waals surface area contributed by atoms with Gasteiger partial charge >= 0.3 is 104 Å². The minimum atomic E-state index is -0.219. The molecule has 3 nitrogen and oxygen atoms in total. The predicted octanol–water partition coefficient (Wildman–Crippen LogP) is -0.496. The quantitative estimate of drug-likeness (QED) is 0.313. The third-order valence-corrected chi connectivity index (χ3v) is 3.33. The summed E-state index contributed by atoms with van der Waals surface area (Å²) in [5, 5.41) is 2.87. The molecule has 98 valence electrons. The topological polar surface area (TPSA) is 38.3 Å². The van der Waals surface area contributed by atoms with E-state index in [2.05, 4.69) is 12.2 Å². The first-order chi connectivity index (χ1) is 7.81. The molecule has 0 unspecified atom stereocenters. The van der Waals surface area contributed by atoms with Gasteiger partial charge in [0.05, 0.1) is 0 Å². The van der Waals surface area contributed by atoms with Gasteiger partial charge in [-0.25, -0.2) is 0 Å². The fourth-order valence-electron chi connectivity index (χ4n) is 1.47. The van der Waals surface area contributed by atoms with Crippen molar-refractivity contribution in [2.45, 2.75) is 51.9 Å². The van der Waals surface area contributed by atoms with Crippen molar-refractivity contribution in [2.24, 2.45) is 0 Å². The number of nitrogens with one attached hydrogen (secondary N) is 1. The Labute approximate surface area is 111 Å². The third-order valence-electron chi connectivity index (χ3n) is 2.40. The zero-order valence-corrected chi connectivity index (χ0v) is 12.7. The molecule has 0 radical (unpaired) electrons. The number of alkyl halides is 1. The number of hydrogen-bond acceptors (Lipinski definition) is 2. The molecule has 0 atom stereocenters. The van der Waals surface area contributed by atoms with Crippen LogP contribution in [0.2, 0.25) is 0 Å². The summed E-state index contributed by atoms with van der Waals surface area (Å²) in [6.45, 7) is 3.29. The van der Waals surface area contributed by atoms with Crippen molar-refractivity contribution in [2.75, 3.05) is 18.1 Å². The zero-order valence-electron chi connectivity index (χ0n) is 10.6. The number of carbonyl (C=O) groups excluding carboxylic acids is 1. The molecule has 0 saturated carbocycles. The van der Waals surface area contributed by atoms with E-state index in [1.54, 1.807) is 0 Å². The van der Waals surface area contributed by atoms with Gasteiger partial charge in [0.2, 0.25) is 0 Å². The Morgan fingerprint density at radius 3 is 2.38 bits per heavy atom. The van der Waals surface area contributed by atoms with Crippen molar-refractivity contribution in [1.29, 1.82) is 0 Å². The van der Waals surface area contributed by atoms with Crippen LogP contribution < -0.4 is 26.9 Å². The molecule has 0 aliphatic carbocycles. The van der Waals surface area contributed by atoms with E-state index in [-0.39, 0.29) is 34.1 Å². The average Bonchev–Trinajstić information content (AvgIpc) is 2.30. The van der Waals surface area contributed by atoms with Crippen LogP contribution in [0.15, 0.2) is 0 Å². The molecule has 0 heterocycles. The van der Waals surface area contributed by atoms with Gasteiger partial charge < -0.3 is 0 Å². The second-order valence-electron chi connectivity index (χ2n) is 3.88. The first-order valence-corrected chi connectivity index (χ1v) is 9.23. The number of rotatable bonds is 11. The van der Waals surface area contributed by atoms with Crippen LogP contribution in [-0.4, -0.2) is 24.0 Å². The van der Waals surface area contributed by atoms with Crippen molar-refractivity contribution in [3.63, 3.8) is 0 Å². The molecule has 0 bridgehead atoms. The molecule has 0 aromatic heterocycles. The molecular formula is C12H25INO2-. The fourth-order valence-corrected chi connectivity index (χ4v) is 2.06. The van der Waals surface area contributed by atoms with E-state index in [9.17, 15) is 4.79 Å². The summed E-state index contributed by atoms with van der Waals surface area (Å²) in [4.78, 5) is 13.2. The third kappa shape index (κ3) is 12.2. The summed E-state index contributed by atoms with van der Waals surface area (Å²) < 4.78 is 5.12. The Morgan fingerprint density at radius 2 is 1.75 bits per heavy atom. The SMILES string of the molecule is CCCCCCCCCNC(=O)CO[I-]C. The normalized spacial score (nSPS) is 10.6. The zero-order chi connectivity index (χ0) is 12.1. The standard InChI is InChI=1S/C12H25INO2/c1-3-4-5-6-7-8-9-10-14-12(15)11-16-13-2/h3-11H2,1-2H3,(H,14,15)/q-1. The Morgan fingerprint density at radius 1 is 1.12 bits per heavy atom. The van der Waals surface area contributed by atoms with Gasteiger partial charge in [-0.1, -0.05) is 6.92 Å². The summed E-state index contributed by atoms with van der Waals surface area (Å²) in [6, 6.07) is 0. The Bertz CT molecular complexity index is 165. The fraction of sp³-hybridized carbons (Fsp3) is 0.917. The maximum absolute atomic E-state index is 11.2. The van der Waals surface area contributed by atoms with Gasteiger partial charge in [0.15, 0.2) is 0 Å². The van der Waals surface area contributed by atoms with Crippen molar-refractivity contribution in [1.82, 2.24) is 5.32 Å². The van der Waals surface area contributed by atoms with Crippen LogP contribution in [0.4, 0.5) is 0 Å². The van der Waals surface area contributed by atoms with Gasteiger partial charge in [0, 0.05) is 0 Å². The molecule has 0 rings (SSSR count). The molecule has 16 heavy (non-hydrogen) atoms. The van der Waals surface area contributed by atoms with Gasteiger partial charge in [-0.05, 0) is 0 Å². The maximum atomic E-state index is 11.2. The Hall–Kier alpha value is 0.160. The van der Waals surface area contributed by atoms with Crippen LogP contribution in [0.25, 0.3) is 0 Å². The summed E-state index contributed by atoms with van der Waals surface area (Å²) in [5.74, 6) is 0.0348. The molecule has 1 amide bonds. The van der Waals surface area contributed by atoms with E-state index in [1.807, 2.05) is 4.93 Å². The molecule has 0 saturated heterocycles. The summed E-state index contributed by atoms with van der Waals surface area (Å²) in [6.07, 6.45) is 8.98. The van der Waals surface area contributed by atoms with E-state index in [4.69, 9.17) is 3.07 Å². The van der Waals surface area contributed by atoms with E-state index in [1.165, 1.54) is 38.5 Å². The number of unbranched alkanes of at least 4 members (excludes halogenated alkanes) is 6. The number of hydrogen-bond donors (Lipinski definition) is 1. The van der Waals surface area contributed by atoms with Gasteiger partial charge in [0.1, 0.15) is 0 Å². The van der Waals surface area contributed by atoms with Crippen molar-refractivity contribution in [3.05, 3.63) is 0 Å². The second kappa shape index (κ2) is 13.2. The van der Waals surface area contributed by atoms with E-state index in [0.29, 0.717) is 0 Å². The number of carbonyl (C=O) groups is 1.